The van der Waals surface area contributed by atoms with Gasteiger partial charge in [0.15, 0.2) is 6.61 Å². The lowest BCUT2D eigenvalue weighted by molar-refractivity contribution is -0.144. The molecule has 0 heterocycles. The van der Waals surface area contributed by atoms with Crippen molar-refractivity contribution >= 4 is 5.97 Å². The van der Waals surface area contributed by atoms with Crippen molar-refractivity contribution in [2.24, 2.45) is 0 Å². The van der Waals surface area contributed by atoms with E-state index in [4.69, 9.17) is 10.00 Å². The van der Waals surface area contributed by atoms with Gasteiger partial charge in [-0.25, -0.2) is 0 Å². The van der Waals surface area contributed by atoms with E-state index in [0.29, 0.717) is 6.42 Å². The molecule has 0 amide bonds. The minimum Gasteiger partial charge on any atom is -0.449 e. The Hall–Kier alpha value is -1.86. The van der Waals surface area contributed by atoms with Crippen LogP contribution in [0.3, 0.4) is 0 Å². The third-order valence-corrected chi connectivity index (χ3v) is 2.19. The van der Waals surface area contributed by atoms with E-state index in [1.54, 1.807) is 13.1 Å². The highest BCUT2D eigenvalue weighted by molar-refractivity contribution is 5.76. The molecule has 0 bridgehead atoms. The molecule has 0 aliphatic rings. The fraction of sp³-hybridized carbons (Fsp3) is 0.333. The molecule has 1 N–H and O–H groups in total. The first-order valence-corrected chi connectivity index (χ1v) is 5.02. The third-order valence-electron chi connectivity index (χ3n) is 2.19. The summed E-state index contributed by atoms with van der Waals surface area (Å²) in [6.07, 6.45) is 0.557. The van der Waals surface area contributed by atoms with Crippen LogP contribution in [0.15, 0.2) is 30.3 Å². The lowest BCUT2D eigenvalue weighted by Crippen LogP contribution is -2.37. The number of carbonyl (C=O) groups is 1. The lowest BCUT2D eigenvalue weighted by atomic mass is 10.1. The van der Waals surface area contributed by atoms with Crippen LogP contribution in [0.2, 0.25) is 0 Å². The summed E-state index contributed by atoms with van der Waals surface area (Å²) in [5.74, 6) is -0.395. The van der Waals surface area contributed by atoms with Crippen molar-refractivity contribution in [3.63, 3.8) is 0 Å². The molecule has 16 heavy (non-hydrogen) atoms. The molecule has 1 atom stereocenters. The van der Waals surface area contributed by atoms with Crippen molar-refractivity contribution in [1.29, 1.82) is 5.26 Å². The van der Waals surface area contributed by atoms with Gasteiger partial charge >= 0.3 is 5.97 Å². The van der Waals surface area contributed by atoms with Gasteiger partial charge in [0.25, 0.3) is 0 Å². The maximum absolute atomic E-state index is 11.5. The van der Waals surface area contributed by atoms with Crippen LogP contribution >= 0.6 is 0 Å². The van der Waals surface area contributed by atoms with Crippen LogP contribution in [0, 0.1) is 11.3 Å². The third kappa shape index (κ3) is 3.71. The zero-order valence-electron chi connectivity index (χ0n) is 9.14. The van der Waals surface area contributed by atoms with Crippen LogP contribution in [0.25, 0.3) is 0 Å². The average Bonchev–Trinajstić information content (AvgIpc) is 2.34. The fourth-order valence-corrected chi connectivity index (χ4v) is 1.36. The van der Waals surface area contributed by atoms with Gasteiger partial charge in [0, 0.05) is 0 Å². The highest BCUT2D eigenvalue weighted by Crippen LogP contribution is 2.04. The Bertz CT molecular complexity index is 370. The minimum atomic E-state index is -0.407. The van der Waals surface area contributed by atoms with E-state index in [2.05, 4.69) is 5.32 Å². The number of esters is 1. The molecule has 1 aromatic rings. The SMILES string of the molecule is CN[C@@H](Cc1ccccc1)C(=O)OCC#N. The van der Waals surface area contributed by atoms with Gasteiger partial charge in [-0.15, -0.1) is 0 Å². The fourth-order valence-electron chi connectivity index (χ4n) is 1.36. The van der Waals surface area contributed by atoms with Gasteiger partial charge in [0.2, 0.25) is 0 Å². The van der Waals surface area contributed by atoms with Gasteiger partial charge in [-0.1, -0.05) is 30.3 Å². The highest BCUT2D eigenvalue weighted by Gasteiger charge is 2.17. The first kappa shape index (κ1) is 12.2. The zero-order chi connectivity index (χ0) is 11.8. The molecule has 0 fully saturated rings. The lowest BCUT2D eigenvalue weighted by Gasteiger charge is -2.13. The summed E-state index contributed by atoms with van der Waals surface area (Å²) in [7, 11) is 1.70. The molecule has 84 valence electrons. The molecule has 0 aromatic heterocycles. The van der Waals surface area contributed by atoms with E-state index in [0.717, 1.165) is 5.56 Å². The Morgan fingerprint density at radius 2 is 2.19 bits per heavy atom. The summed E-state index contributed by atoms with van der Waals surface area (Å²) in [4.78, 5) is 11.5. The molecule has 0 aliphatic carbocycles. The van der Waals surface area contributed by atoms with Gasteiger partial charge in [-0.3, -0.25) is 4.79 Å². The average molecular weight is 218 g/mol. The van der Waals surface area contributed by atoms with Crippen LogP contribution in [-0.2, 0) is 16.0 Å². The molecule has 4 nitrogen and oxygen atoms in total. The molecule has 0 radical (unpaired) electrons. The largest absolute Gasteiger partial charge is 0.449 e. The highest BCUT2D eigenvalue weighted by atomic mass is 16.5. The molecule has 0 aliphatic heterocycles. The van der Waals surface area contributed by atoms with Gasteiger partial charge in [-0.2, -0.15) is 5.26 Å². The summed E-state index contributed by atoms with van der Waals surface area (Å²) >= 11 is 0. The van der Waals surface area contributed by atoms with Crippen molar-refractivity contribution in [1.82, 2.24) is 5.32 Å². The number of ether oxygens (including phenoxy) is 1. The van der Waals surface area contributed by atoms with Crippen LogP contribution < -0.4 is 5.32 Å². The molecule has 0 spiro atoms. The normalized spacial score (nSPS) is 11.5. The second kappa shape index (κ2) is 6.59. The standard InChI is InChI=1S/C12H14N2O2/c1-14-11(12(15)16-8-7-13)9-10-5-3-2-4-6-10/h2-6,11,14H,8-9H2,1H3/t11-/m0/s1. The van der Waals surface area contributed by atoms with Crippen molar-refractivity contribution in [2.75, 3.05) is 13.7 Å². The summed E-state index contributed by atoms with van der Waals surface area (Å²) in [5.41, 5.74) is 1.05. The van der Waals surface area contributed by atoms with Crippen LogP contribution in [0.5, 0.6) is 0 Å². The van der Waals surface area contributed by atoms with Gasteiger partial charge in [0.1, 0.15) is 12.1 Å². The second-order valence-electron chi connectivity index (χ2n) is 3.30. The zero-order valence-corrected chi connectivity index (χ0v) is 9.14. The Labute approximate surface area is 94.8 Å². The topological polar surface area (TPSA) is 62.1 Å². The van der Waals surface area contributed by atoms with Crippen LogP contribution in [0.1, 0.15) is 5.56 Å². The number of rotatable bonds is 5. The molecule has 0 saturated carbocycles. The molecule has 1 aromatic carbocycles. The van der Waals surface area contributed by atoms with E-state index < -0.39 is 12.0 Å². The van der Waals surface area contributed by atoms with Crippen molar-refractivity contribution in [3.05, 3.63) is 35.9 Å². The quantitative estimate of drug-likeness (QED) is 0.745. The van der Waals surface area contributed by atoms with Crippen molar-refractivity contribution < 1.29 is 9.53 Å². The summed E-state index contributed by atoms with van der Waals surface area (Å²) in [5, 5.41) is 11.2. The second-order valence-corrected chi connectivity index (χ2v) is 3.30. The maximum atomic E-state index is 11.5. The summed E-state index contributed by atoms with van der Waals surface area (Å²) in [6.45, 7) is -0.203. The van der Waals surface area contributed by atoms with E-state index in [1.165, 1.54) is 0 Å². The molecule has 4 heteroatoms. The van der Waals surface area contributed by atoms with Crippen LogP contribution in [-0.4, -0.2) is 25.7 Å². The number of benzene rings is 1. The number of hydrogen-bond donors (Lipinski definition) is 1. The predicted octanol–water partition coefficient (Wildman–Crippen LogP) is 0.884. The molecule has 0 unspecified atom stereocenters. The smallest absolute Gasteiger partial charge is 0.324 e. The molecule has 0 saturated heterocycles. The minimum absolute atomic E-state index is 0.203. The number of nitrogens with zero attached hydrogens (tertiary/aromatic N) is 1. The van der Waals surface area contributed by atoms with Crippen molar-refractivity contribution in [2.45, 2.75) is 12.5 Å². The van der Waals surface area contributed by atoms with Gasteiger partial charge in [-0.05, 0) is 19.0 Å². The number of carbonyl (C=O) groups excluding carboxylic acids is 1. The molecular weight excluding hydrogens is 204 g/mol. The first-order valence-electron chi connectivity index (χ1n) is 5.02. The Balaban J connectivity index is 2.56. The molecular formula is C12H14N2O2. The number of nitriles is 1. The Morgan fingerprint density at radius 1 is 1.50 bits per heavy atom. The maximum Gasteiger partial charge on any atom is 0.324 e. The van der Waals surface area contributed by atoms with Gasteiger partial charge in [0.05, 0.1) is 0 Å². The van der Waals surface area contributed by atoms with E-state index in [1.807, 2.05) is 30.3 Å². The monoisotopic (exact) mass is 218 g/mol. The van der Waals surface area contributed by atoms with E-state index >= 15 is 0 Å². The number of likely N-dealkylation sites (N-methyl/N-ethyl adjacent to an activating group) is 1. The van der Waals surface area contributed by atoms with Crippen molar-refractivity contribution in [3.8, 4) is 6.07 Å². The summed E-state index contributed by atoms with van der Waals surface area (Å²) < 4.78 is 4.75. The van der Waals surface area contributed by atoms with E-state index in [9.17, 15) is 4.79 Å². The first-order chi connectivity index (χ1) is 7.77. The number of nitrogens with one attached hydrogen (secondary N) is 1. The summed E-state index contributed by atoms with van der Waals surface area (Å²) in [6, 6.07) is 11.0. The Morgan fingerprint density at radius 3 is 2.75 bits per heavy atom. The molecule has 1 rings (SSSR count). The predicted molar refractivity (Wildman–Crippen MR) is 59.6 cm³/mol. The van der Waals surface area contributed by atoms with Gasteiger partial charge < -0.3 is 10.1 Å². The van der Waals surface area contributed by atoms with E-state index in [-0.39, 0.29) is 6.61 Å². The number of hydrogen-bond acceptors (Lipinski definition) is 4. The Kier molecular flexibility index (Phi) is 5.03. The van der Waals surface area contributed by atoms with Crippen LogP contribution in [0.4, 0.5) is 0 Å².